The maximum Gasteiger partial charge on any atom is 0.252 e. The maximum absolute atomic E-state index is 12.7. The second-order valence-electron chi connectivity index (χ2n) is 3.24. The van der Waals surface area contributed by atoms with Gasteiger partial charge in [-0.1, -0.05) is 34.8 Å². The highest BCUT2D eigenvalue weighted by atomic mass is 35.6. The van der Waals surface area contributed by atoms with Crippen LogP contribution in [0.2, 0.25) is 0 Å². The summed E-state index contributed by atoms with van der Waals surface area (Å²) in [4.78, 5) is 11.7. The summed E-state index contributed by atoms with van der Waals surface area (Å²) in [5.74, 6) is -0.885. The van der Waals surface area contributed by atoms with Crippen molar-refractivity contribution in [3.63, 3.8) is 0 Å². The van der Waals surface area contributed by atoms with Crippen LogP contribution in [0.15, 0.2) is 24.3 Å². The minimum absolute atomic E-state index is 0.279. The molecule has 1 rings (SSSR count). The number of amides is 1. The van der Waals surface area contributed by atoms with Crippen molar-refractivity contribution < 1.29 is 9.18 Å². The third-order valence-electron chi connectivity index (χ3n) is 2.00. The topological polar surface area (TPSA) is 41.1 Å². The van der Waals surface area contributed by atoms with Crippen molar-refractivity contribution in [3.05, 3.63) is 35.6 Å². The Bertz CT molecular complexity index is 392. The summed E-state index contributed by atoms with van der Waals surface area (Å²) >= 11 is 16.9. The lowest BCUT2D eigenvalue weighted by Crippen LogP contribution is -2.51. The molecule has 1 amide bonds. The molecule has 0 saturated carbocycles. The van der Waals surface area contributed by atoms with Crippen LogP contribution in [0.25, 0.3) is 0 Å². The van der Waals surface area contributed by atoms with E-state index < -0.39 is 21.7 Å². The molecule has 17 heavy (non-hydrogen) atoms. The van der Waals surface area contributed by atoms with Crippen molar-refractivity contribution in [2.75, 3.05) is 7.05 Å². The summed E-state index contributed by atoms with van der Waals surface area (Å²) in [6, 6.07) is 5.04. The van der Waals surface area contributed by atoms with Crippen molar-refractivity contribution in [2.45, 2.75) is 9.96 Å². The quantitative estimate of drug-likeness (QED) is 0.665. The summed E-state index contributed by atoms with van der Waals surface area (Å²) < 4.78 is 11.0. The predicted molar refractivity (Wildman–Crippen MR) is 67.0 cm³/mol. The normalized spacial score (nSPS) is 13.2. The van der Waals surface area contributed by atoms with Crippen LogP contribution in [-0.2, 0) is 0 Å². The maximum atomic E-state index is 12.7. The van der Waals surface area contributed by atoms with Crippen molar-refractivity contribution >= 4 is 40.7 Å². The molecule has 1 aromatic rings. The van der Waals surface area contributed by atoms with Gasteiger partial charge in [-0.25, -0.2) is 4.39 Å². The van der Waals surface area contributed by atoms with Gasteiger partial charge in [-0.15, -0.1) is 0 Å². The lowest BCUT2D eigenvalue weighted by Gasteiger charge is -2.24. The molecule has 0 fully saturated rings. The molecular weight excluding hydrogens is 289 g/mol. The molecule has 3 nitrogen and oxygen atoms in total. The first-order valence-electron chi connectivity index (χ1n) is 4.65. The summed E-state index contributed by atoms with van der Waals surface area (Å²) in [7, 11) is 1.54. The number of alkyl halides is 3. The smallest absolute Gasteiger partial charge is 0.252 e. The zero-order valence-corrected chi connectivity index (χ0v) is 11.1. The monoisotopic (exact) mass is 298 g/mol. The van der Waals surface area contributed by atoms with Gasteiger partial charge < -0.3 is 5.32 Å². The van der Waals surface area contributed by atoms with Gasteiger partial charge in [-0.05, 0) is 31.3 Å². The average Bonchev–Trinajstić information content (AvgIpc) is 2.24. The van der Waals surface area contributed by atoms with E-state index in [1.165, 1.54) is 31.3 Å². The summed E-state index contributed by atoms with van der Waals surface area (Å²) in [5, 5.41) is 5.13. The average molecular weight is 300 g/mol. The van der Waals surface area contributed by atoms with Crippen LogP contribution < -0.4 is 10.6 Å². The van der Waals surface area contributed by atoms with Crippen molar-refractivity contribution in [1.82, 2.24) is 10.6 Å². The van der Waals surface area contributed by atoms with Crippen LogP contribution in [0.3, 0.4) is 0 Å². The second kappa shape index (κ2) is 5.87. The molecule has 0 aliphatic carbocycles. The molecule has 0 aliphatic rings. The number of hydrogen-bond acceptors (Lipinski definition) is 2. The molecule has 0 aromatic heterocycles. The molecule has 0 aliphatic heterocycles. The zero-order valence-electron chi connectivity index (χ0n) is 8.81. The van der Waals surface area contributed by atoms with Crippen LogP contribution in [-0.4, -0.2) is 22.9 Å². The molecule has 94 valence electrons. The van der Waals surface area contributed by atoms with Gasteiger partial charge in [0.25, 0.3) is 5.91 Å². The molecule has 7 heteroatoms. The minimum Gasteiger partial charge on any atom is -0.333 e. The van der Waals surface area contributed by atoms with E-state index >= 15 is 0 Å². The van der Waals surface area contributed by atoms with E-state index in [0.717, 1.165) is 0 Å². The summed E-state index contributed by atoms with van der Waals surface area (Å²) in [6.07, 6.45) is -0.843. The van der Waals surface area contributed by atoms with Crippen molar-refractivity contribution in [1.29, 1.82) is 0 Å². The summed E-state index contributed by atoms with van der Waals surface area (Å²) in [6.45, 7) is 0. The number of rotatable bonds is 3. The Balaban J connectivity index is 2.75. The number of halogens is 4. The third-order valence-corrected chi connectivity index (χ3v) is 2.65. The fourth-order valence-corrected chi connectivity index (χ4v) is 1.62. The number of hydrogen-bond donors (Lipinski definition) is 2. The van der Waals surface area contributed by atoms with E-state index in [1.54, 1.807) is 0 Å². The molecule has 0 saturated heterocycles. The van der Waals surface area contributed by atoms with Gasteiger partial charge in [0.2, 0.25) is 3.79 Å². The molecule has 1 aromatic carbocycles. The Morgan fingerprint density at radius 1 is 1.29 bits per heavy atom. The Hall–Kier alpha value is -0.550. The van der Waals surface area contributed by atoms with Crippen LogP contribution in [0.1, 0.15) is 10.4 Å². The van der Waals surface area contributed by atoms with Gasteiger partial charge in [-0.3, -0.25) is 10.1 Å². The van der Waals surface area contributed by atoms with Gasteiger partial charge in [0.1, 0.15) is 12.0 Å². The highest BCUT2D eigenvalue weighted by molar-refractivity contribution is 6.68. The molecule has 0 heterocycles. The van der Waals surface area contributed by atoms with E-state index in [4.69, 9.17) is 34.8 Å². The molecule has 0 radical (unpaired) electrons. The van der Waals surface area contributed by atoms with Crippen LogP contribution in [0.5, 0.6) is 0 Å². The van der Waals surface area contributed by atoms with Crippen molar-refractivity contribution in [3.8, 4) is 0 Å². The van der Waals surface area contributed by atoms with E-state index in [2.05, 4.69) is 10.6 Å². The Morgan fingerprint density at radius 3 is 2.24 bits per heavy atom. The largest absolute Gasteiger partial charge is 0.333 e. The molecule has 1 atom stereocenters. The predicted octanol–water partition coefficient (Wildman–Crippen LogP) is 2.47. The standard InChI is InChI=1S/C10H10Cl3FN2O/c1-15-9(10(11,12)13)16-8(17)6-2-4-7(14)5-3-6/h2-5,9,15H,1H3,(H,16,17)/t9-/m0/s1. The second-order valence-corrected chi connectivity index (χ2v) is 5.61. The number of nitrogens with one attached hydrogen (secondary N) is 2. The Kier molecular flexibility index (Phi) is 5.01. The van der Waals surface area contributed by atoms with E-state index in [0.29, 0.717) is 0 Å². The van der Waals surface area contributed by atoms with E-state index in [-0.39, 0.29) is 5.56 Å². The van der Waals surface area contributed by atoms with Gasteiger partial charge >= 0.3 is 0 Å². The van der Waals surface area contributed by atoms with Crippen molar-refractivity contribution in [2.24, 2.45) is 0 Å². The molecule has 0 unspecified atom stereocenters. The van der Waals surface area contributed by atoms with E-state index in [1.807, 2.05) is 0 Å². The zero-order chi connectivity index (χ0) is 13.1. The van der Waals surface area contributed by atoms with Gasteiger partial charge in [0, 0.05) is 5.56 Å². The highest BCUT2D eigenvalue weighted by Gasteiger charge is 2.32. The first-order chi connectivity index (χ1) is 7.84. The lowest BCUT2D eigenvalue weighted by molar-refractivity contribution is 0.0931. The molecule has 0 spiro atoms. The van der Waals surface area contributed by atoms with Gasteiger partial charge in [0.05, 0.1) is 0 Å². The lowest BCUT2D eigenvalue weighted by atomic mass is 10.2. The van der Waals surface area contributed by atoms with Gasteiger partial charge in [-0.2, -0.15) is 0 Å². The summed E-state index contributed by atoms with van der Waals surface area (Å²) in [5.41, 5.74) is 0.279. The Morgan fingerprint density at radius 2 is 1.82 bits per heavy atom. The number of carbonyl (C=O) groups is 1. The van der Waals surface area contributed by atoms with Gasteiger partial charge in [0.15, 0.2) is 0 Å². The van der Waals surface area contributed by atoms with E-state index in [9.17, 15) is 9.18 Å². The van der Waals surface area contributed by atoms with Crippen LogP contribution in [0.4, 0.5) is 4.39 Å². The fourth-order valence-electron chi connectivity index (χ4n) is 1.13. The number of carbonyl (C=O) groups excluding carboxylic acids is 1. The Labute approximate surface area is 113 Å². The first-order valence-corrected chi connectivity index (χ1v) is 5.78. The minimum atomic E-state index is -1.68. The molecule has 2 N–H and O–H groups in total. The first kappa shape index (κ1) is 14.5. The fraction of sp³-hybridized carbons (Fsp3) is 0.300. The third kappa shape index (κ3) is 4.32. The highest BCUT2D eigenvalue weighted by Crippen LogP contribution is 2.28. The number of benzene rings is 1. The molecular formula is C10H10Cl3FN2O. The van der Waals surface area contributed by atoms with Crippen LogP contribution >= 0.6 is 34.8 Å². The SMILES string of the molecule is CN[C@@H](NC(=O)c1ccc(F)cc1)C(Cl)(Cl)Cl. The van der Waals surface area contributed by atoms with Crippen LogP contribution in [0, 0.1) is 5.82 Å². The molecule has 0 bridgehead atoms.